The van der Waals surface area contributed by atoms with Crippen LogP contribution in [0.25, 0.3) is 16.8 Å². The van der Waals surface area contributed by atoms with Gasteiger partial charge in [-0.15, -0.1) is 0 Å². The van der Waals surface area contributed by atoms with Crippen LogP contribution in [0.2, 0.25) is 0 Å². The maximum Gasteiger partial charge on any atom is 0.264 e. The number of amidine groups is 1. The summed E-state index contributed by atoms with van der Waals surface area (Å²) in [5.41, 5.74) is 0.823. The van der Waals surface area contributed by atoms with Gasteiger partial charge in [0.2, 0.25) is 0 Å². The SMILES string of the molecule is O=C1NC(=Nc2cccc3ccccc23)S/C1=C\c1ccc(Sc2ccccn2)o1. The third-order valence-corrected chi connectivity index (χ3v) is 6.14. The lowest BCUT2D eigenvalue weighted by Gasteiger charge is -2.02. The number of nitrogens with zero attached hydrogens (tertiary/aromatic N) is 2. The summed E-state index contributed by atoms with van der Waals surface area (Å²) in [6, 6.07) is 23.4. The van der Waals surface area contributed by atoms with Crippen LogP contribution in [0, 0.1) is 0 Å². The van der Waals surface area contributed by atoms with Crippen molar-refractivity contribution in [3.63, 3.8) is 0 Å². The van der Waals surface area contributed by atoms with Gasteiger partial charge in [0.1, 0.15) is 10.8 Å². The smallest absolute Gasteiger partial charge is 0.264 e. The van der Waals surface area contributed by atoms with Crippen LogP contribution in [0.4, 0.5) is 5.69 Å². The highest BCUT2D eigenvalue weighted by atomic mass is 32.2. The van der Waals surface area contributed by atoms with E-state index in [2.05, 4.69) is 15.3 Å². The molecule has 1 N–H and O–H groups in total. The van der Waals surface area contributed by atoms with Gasteiger partial charge in [-0.2, -0.15) is 0 Å². The minimum atomic E-state index is -0.186. The molecule has 30 heavy (non-hydrogen) atoms. The van der Waals surface area contributed by atoms with Crippen molar-refractivity contribution < 1.29 is 9.21 Å². The van der Waals surface area contributed by atoms with Crippen LogP contribution in [-0.2, 0) is 4.79 Å². The largest absolute Gasteiger partial charge is 0.450 e. The summed E-state index contributed by atoms with van der Waals surface area (Å²) in [6.45, 7) is 0. The molecule has 5 rings (SSSR count). The average Bonchev–Trinajstić information content (AvgIpc) is 3.35. The highest BCUT2D eigenvalue weighted by molar-refractivity contribution is 8.18. The minimum absolute atomic E-state index is 0.186. The van der Waals surface area contributed by atoms with Crippen molar-refractivity contribution in [1.29, 1.82) is 0 Å². The van der Waals surface area contributed by atoms with E-state index >= 15 is 0 Å². The monoisotopic (exact) mass is 429 g/mol. The van der Waals surface area contributed by atoms with Crippen LogP contribution >= 0.6 is 23.5 Å². The van der Waals surface area contributed by atoms with Crippen LogP contribution in [0.1, 0.15) is 5.76 Å². The molecular formula is C23H15N3O2S2. The van der Waals surface area contributed by atoms with E-state index in [1.807, 2.05) is 72.8 Å². The predicted molar refractivity (Wildman–Crippen MR) is 122 cm³/mol. The molecule has 4 aromatic rings. The molecule has 0 bridgehead atoms. The molecule has 1 fully saturated rings. The molecule has 5 nitrogen and oxygen atoms in total. The Morgan fingerprint density at radius 3 is 2.77 bits per heavy atom. The number of carbonyl (C=O) groups is 1. The molecule has 0 unspecified atom stereocenters. The van der Waals surface area contributed by atoms with Crippen LogP contribution in [0.5, 0.6) is 0 Å². The second-order valence-corrected chi connectivity index (χ2v) is 8.46. The first kappa shape index (κ1) is 18.7. The Labute approximate surface area is 181 Å². The van der Waals surface area contributed by atoms with Crippen LogP contribution in [-0.4, -0.2) is 16.1 Å². The van der Waals surface area contributed by atoms with Crippen molar-refractivity contribution in [3.05, 3.63) is 89.7 Å². The Morgan fingerprint density at radius 1 is 1.00 bits per heavy atom. The maximum absolute atomic E-state index is 12.4. The average molecular weight is 430 g/mol. The van der Waals surface area contributed by atoms with Gasteiger partial charge in [0.15, 0.2) is 10.3 Å². The van der Waals surface area contributed by atoms with E-state index in [1.54, 1.807) is 12.3 Å². The van der Waals surface area contributed by atoms with Gasteiger partial charge in [0, 0.05) is 17.7 Å². The molecule has 1 saturated heterocycles. The van der Waals surface area contributed by atoms with E-state index in [1.165, 1.54) is 23.5 Å². The second-order valence-electron chi connectivity index (χ2n) is 6.41. The number of hydrogen-bond donors (Lipinski definition) is 1. The van der Waals surface area contributed by atoms with Crippen LogP contribution in [0.3, 0.4) is 0 Å². The standard InChI is InChI=1S/C23H15N3O2S2/c27-22-19(14-16-11-12-21(28-16)30-20-10-3-4-13-24-20)29-23(26-22)25-18-9-5-7-15-6-1-2-8-17(15)18/h1-14H,(H,25,26,27)/b19-14-. The van der Waals surface area contributed by atoms with Gasteiger partial charge in [-0.3, -0.25) is 4.79 Å². The summed E-state index contributed by atoms with van der Waals surface area (Å²) in [5, 5.41) is 7.11. The molecule has 2 aromatic heterocycles. The topological polar surface area (TPSA) is 67.5 Å². The summed E-state index contributed by atoms with van der Waals surface area (Å²) < 4.78 is 5.82. The molecule has 0 aliphatic carbocycles. The zero-order valence-electron chi connectivity index (χ0n) is 15.6. The van der Waals surface area contributed by atoms with E-state index < -0.39 is 0 Å². The summed E-state index contributed by atoms with van der Waals surface area (Å²) >= 11 is 2.73. The third-order valence-electron chi connectivity index (χ3n) is 4.36. The first-order valence-corrected chi connectivity index (χ1v) is 10.8. The molecule has 2 aromatic carbocycles. The maximum atomic E-state index is 12.4. The number of fused-ring (bicyclic) bond motifs is 1. The lowest BCUT2D eigenvalue weighted by molar-refractivity contribution is -0.115. The highest BCUT2D eigenvalue weighted by Crippen LogP contribution is 2.33. The zero-order chi connectivity index (χ0) is 20.3. The number of benzene rings is 2. The molecular weight excluding hydrogens is 414 g/mol. The molecule has 1 aliphatic rings. The minimum Gasteiger partial charge on any atom is -0.450 e. The van der Waals surface area contributed by atoms with E-state index in [-0.39, 0.29) is 5.91 Å². The number of aliphatic imine (C=N–C) groups is 1. The van der Waals surface area contributed by atoms with Crippen molar-refractivity contribution >= 4 is 57.1 Å². The van der Waals surface area contributed by atoms with Gasteiger partial charge >= 0.3 is 0 Å². The van der Waals surface area contributed by atoms with E-state index in [0.717, 1.165) is 21.5 Å². The van der Waals surface area contributed by atoms with Gasteiger partial charge < -0.3 is 9.73 Å². The summed E-state index contributed by atoms with van der Waals surface area (Å²) in [7, 11) is 0. The number of thioether (sulfide) groups is 1. The van der Waals surface area contributed by atoms with E-state index in [4.69, 9.17) is 4.42 Å². The van der Waals surface area contributed by atoms with Gasteiger partial charge in [-0.05, 0) is 59.2 Å². The molecule has 146 valence electrons. The number of rotatable bonds is 4. The Bertz CT molecular complexity index is 1290. The molecule has 1 amide bonds. The molecule has 1 aliphatic heterocycles. The summed E-state index contributed by atoms with van der Waals surface area (Å²) in [5.74, 6) is 0.423. The van der Waals surface area contributed by atoms with Crippen molar-refractivity contribution in [3.8, 4) is 0 Å². The van der Waals surface area contributed by atoms with Gasteiger partial charge in [-0.1, -0.05) is 42.5 Å². The van der Waals surface area contributed by atoms with Crippen molar-refractivity contribution in [2.24, 2.45) is 4.99 Å². The Kier molecular flexibility index (Phi) is 5.13. The first-order chi connectivity index (χ1) is 14.7. The number of aromatic nitrogens is 1. The predicted octanol–water partition coefficient (Wildman–Crippen LogP) is 5.87. The van der Waals surface area contributed by atoms with Gasteiger partial charge in [0.05, 0.1) is 10.6 Å². The van der Waals surface area contributed by atoms with Gasteiger partial charge in [-0.25, -0.2) is 9.98 Å². The molecule has 0 saturated carbocycles. The van der Waals surface area contributed by atoms with Crippen molar-refractivity contribution in [2.45, 2.75) is 10.1 Å². The quantitative estimate of drug-likeness (QED) is 0.411. The number of pyridine rings is 1. The number of amides is 1. The normalized spacial score (nSPS) is 16.5. The van der Waals surface area contributed by atoms with Crippen molar-refractivity contribution in [1.82, 2.24) is 10.3 Å². The fraction of sp³-hybridized carbons (Fsp3) is 0. The number of nitrogens with one attached hydrogen (secondary N) is 1. The Balaban J connectivity index is 1.36. The van der Waals surface area contributed by atoms with Crippen molar-refractivity contribution in [2.75, 3.05) is 0 Å². The lowest BCUT2D eigenvalue weighted by atomic mass is 10.1. The fourth-order valence-electron chi connectivity index (χ4n) is 3.00. The molecule has 0 spiro atoms. The lowest BCUT2D eigenvalue weighted by Crippen LogP contribution is -2.19. The molecule has 0 radical (unpaired) electrons. The number of hydrogen-bond acceptors (Lipinski definition) is 6. The zero-order valence-corrected chi connectivity index (χ0v) is 17.2. The number of carbonyl (C=O) groups excluding carboxylic acids is 1. The highest BCUT2D eigenvalue weighted by Gasteiger charge is 2.24. The van der Waals surface area contributed by atoms with Crippen LogP contribution < -0.4 is 5.32 Å². The molecule has 0 atom stereocenters. The Morgan fingerprint density at radius 2 is 1.87 bits per heavy atom. The molecule has 3 heterocycles. The summed E-state index contributed by atoms with van der Waals surface area (Å²) in [4.78, 5) is 21.9. The third kappa shape index (κ3) is 4.03. The van der Waals surface area contributed by atoms with E-state index in [9.17, 15) is 4.79 Å². The Hall–Kier alpha value is -3.29. The fourth-order valence-corrected chi connectivity index (χ4v) is 4.56. The van der Waals surface area contributed by atoms with E-state index in [0.29, 0.717) is 20.9 Å². The molecule has 7 heteroatoms. The summed E-state index contributed by atoms with van der Waals surface area (Å²) in [6.07, 6.45) is 3.47. The first-order valence-electron chi connectivity index (χ1n) is 9.21. The number of furan rings is 1. The van der Waals surface area contributed by atoms with Crippen LogP contribution in [0.15, 0.2) is 103 Å². The second kappa shape index (κ2) is 8.22. The van der Waals surface area contributed by atoms with Gasteiger partial charge in [0.25, 0.3) is 5.91 Å².